The molecular weight excluding hydrogens is 428 g/mol. The maximum Gasteiger partial charge on any atom is 0.196 e. The Hall–Kier alpha value is -1.53. The summed E-state index contributed by atoms with van der Waals surface area (Å²) >= 11 is 1.54. The lowest BCUT2D eigenvalue weighted by Crippen LogP contribution is -2.31. The maximum absolute atomic E-state index is 8.00. The Morgan fingerprint density at radius 3 is 1.73 bits per heavy atom. The van der Waals surface area contributed by atoms with E-state index < -0.39 is 0 Å². The van der Waals surface area contributed by atoms with Crippen molar-refractivity contribution >= 4 is 23.7 Å². The quantitative estimate of drug-likeness (QED) is 0.195. The maximum atomic E-state index is 8.00. The second kappa shape index (κ2) is 15.4. The largest absolute Gasteiger partial charge is 0.321 e. The molecule has 0 bridgehead atoms. The van der Waals surface area contributed by atoms with E-state index in [0.717, 1.165) is 5.75 Å². The number of carbonyl (C=O) groups excluding carboxylic acids is 1. The molecular formula is C27H52N4OS. The van der Waals surface area contributed by atoms with Crippen molar-refractivity contribution in [1.82, 2.24) is 5.01 Å². The number of rotatable bonds is 6. The Balaban J connectivity index is 0. The number of nitrogens with two attached hydrogens (primary N) is 2. The lowest BCUT2D eigenvalue weighted by Gasteiger charge is -2.38. The van der Waals surface area contributed by atoms with E-state index in [1.54, 1.807) is 18.8 Å². The van der Waals surface area contributed by atoms with Gasteiger partial charge < -0.3 is 10.6 Å². The summed E-state index contributed by atoms with van der Waals surface area (Å²) in [6, 6.07) is 9.01. The first kappa shape index (κ1) is 33.6. The van der Waals surface area contributed by atoms with Gasteiger partial charge in [-0.05, 0) is 39.7 Å². The molecule has 1 aromatic rings. The van der Waals surface area contributed by atoms with E-state index >= 15 is 0 Å². The minimum absolute atomic E-state index is 0.283. The summed E-state index contributed by atoms with van der Waals surface area (Å²) in [4.78, 5) is 8.00. The molecule has 0 saturated carbocycles. The second-order valence-corrected chi connectivity index (χ2v) is 12.6. The van der Waals surface area contributed by atoms with Crippen LogP contribution in [-0.2, 0) is 10.5 Å². The first-order valence-corrected chi connectivity index (χ1v) is 12.8. The van der Waals surface area contributed by atoms with Crippen LogP contribution in [0.3, 0.4) is 0 Å². The SMILES string of the molecule is C=O.CCC(C)(C)C.CCC(C)(C)C(CC(C)(C)C)c1ccc(CS/C(=N/N)N(C)N)cc1. The molecule has 1 unspecified atom stereocenters. The highest BCUT2D eigenvalue weighted by atomic mass is 32.2. The van der Waals surface area contributed by atoms with Crippen LogP contribution in [0.2, 0.25) is 0 Å². The van der Waals surface area contributed by atoms with Crippen molar-refractivity contribution in [3.8, 4) is 0 Å². The van der Waals surface area contributed by atoms with E-state index in [2.05, 4.69) is 98.6 Å². The van der Waals surface area contributed by atoms with Gasteiger partial charge >= 0.3 is 0 Å². The lowest BCUT2D eigenvalue weighted by atomic mass is 9.67. The van der Waals surface area contributed by atoms with Gasteiger partial charge in [-0.2, -0.15) is 5.10 Å². The number of hydrazine groups is 1. The number of thioether (sulfide) groups is 1. The molecule has 0 aliphatic heterocycles. The molecule has 0 aliphatic carbocycles. The van der Waals surface area contributed by atoms with Crippen LogP contribution in [0.1, 0.15) is 106 Å². The van der Waals surface area contributed by atoms with Crippen LogP contribution in [0.5, 0.6) is 0 Å². The predicted molar refractivity (Wildman–Crippen MR) is 149 cm³/mol. The van der Waals surface area contributed by atoms with E-state index in [1.165, 1.54) is 35.4 Å². The summed E-state index contributed by atoms with van der Waals surface area (Å²) in [5, 5.41) is 5.79. The molecule has 0 heterocycles. The number of hydrazone groups is 1. The highest BCUT2D eigenvalue weighted by Crippen LogP contribution is 2.45. The van der Waals surface area contributed by atoms with Crippen molar-refractivity contribution in [1.29, 1.82) is 0 Å². The van der Waals surface area contributed by atoms with Gasteiger partial charge in [0.25, 0.3) is 0 Å². The third-order valence-corrected chi connectivity index (χ3v) is 7.02. The van der Waals surface area contributed by atoms with Crippen LogP contribution in [0.25, 0.3) is 0 Å². The van der Waals surface area contributed by atoms with E-state index in [0.29, 0.717) is 21.9 Å². The number of hydrogen-bond donors (Lipinski definition) is 2. The number of carbonyl (C=O) groups is 1. The highest BCUT2D eigenvalue weighted by Gasteiger charge is 2.32. The molecule has 1 aromatic carbocycles. The van der Waals surface area contributed by atoms with Crippen molar-refractivity contribution in [3.05, 3.63) is 35.4 Å². The molecule has 4 N–H and O–H groups in total. The molecule has 0 radical (unpaired) electrons. The highest BCUT2D eigenvalue weighted by molar-refractivity contribution is 8.13. The Kier molecular flexibility index (Phi) is 15.7. The van der Waals surface area contributed by atoms with E-state index in [-0.39, 0.29) is 5.41 Å². The van der Waals surface area contributed by atoms with Crippen molar-refractivity contribution < 1.29 is 4.79 Å². The van der Waals surface area contributed by atoms with Gasteiger partial charge in [0.05, 0.1) is 0 Å². The third kappa shape index (κ3) is 15.1. The minimum Gasteiger partial charge on any atom is -0.321 e. The number of amidine groups is 1. The molecule has 1 atom stereocenters. The fourth-order valence-corrected chi connectivity index (χ4v) is 3.69. The fourth-order valence-electron chi connectivity index (χ4n) is 2.93. The molecule has 6 heteroatoms. The van der Waals surface area contributed by atoms with Gasteiger partial charge in [-0.1, -0.05) is 118 Å². The molecule has 1 rings (SSSR count). The third-order valence-electron chi connectivity index (χ3n) is 5.89. The molecule has 0 fully saturated rings. The van der Waals surface area contributed by atoms with Crippen molar-refractivity contribution in [2.24, 2.45) is 33.0 Å². The molecule has 0 aliphatic rings. The van der Waals surface area contributed by atoms with E-state index in [4.69, 9.17) is 16.5 Å². The fraction of sp³-hybridized carbons (Fsp3) is 0.704. The summed E-state index contributed by atoms with van der Waals surface area (Å²) < 4.78 is 0. The van der Waals surface area contributed by atoms with Crippen LogP contribution >= 0.6 is 11.8 Å². The van der Waals surface area contributed by atoms with Gasteiger partial charge in [0.2, 0.25) is 0 Å². The topological polar surface area (TPSA) is 84.7 Å². The first-order chi connectivity index (χ1) is 15.1. The van der Waals surface area contributed by atoms with Crippen LogP contribution < -0.4 is 11.7 Å². The summed E-state index contributed by atoms with van der Waals surface area (Å²) in [6.07, 6.45) is 3.63. The Morgan fingerprint density at radius 2 is 1.42 bits per heavy atom. The second-order valence-electron chi connectivity index (χ2n) is 11.6. The summed E-state index contributed by atoms with van der Waals surface area (Å²) in [5.41, 5.74) is 3.81. The van der Waals surface area contributed by atoms with Gasteiger partial charge in [0, 0.05) is 12.8 Å². The van der Waals surface area contributed by atoms with Crippen LogP contribution in [0.4, 0.5) is 0 Å². The zero-order valence-corrected chi connectivity index (χ0v) is 24.1. The van der Waals surface area contributed by atoms with Gasteiger partial charge in [0.15, 0.2) is 5.17 Å². The Labute approximate surface area is 209 Å². The Bertz CT molecular complexity index is 671. The van der Waals surface area contributed by atoms with E-state index in [9.17, 15) is 0 Å². The summed E-state index contributed by atoms with van der Waals surface area (Å²) in [6.45, 7) is 25.0. The van der Waals surface area contributed by atoms with Gasteiger partial charge in [-0.3, -0.25) is 5.01 Å². The van der Waals surface area contributed by atoms with Gasteiger partial charge in [0.1, 0.15) is 6.79 Å². The number of hydrogen-bond acceptors (Lipinski definition) is 5. The smallest absolute Gasteiger partial charge is 0.196 e. The average molecular weight is 481 g/mol. The molecule has 0 saturated heterocycles. The molecule has 0 spiro atoms. The molecule has 0 aromatic heterocycles. The number of benzene rings is 1. The summed E-state index contributed by atoms with van der Waals surface area (Å²) in [7, 11) is 1.74. The van der Waals surface area contributed by atoms with Gasteiger partial charge in [-0.15, -0.1) is 0 Å². The van der Waals surface area contributed by atoms with Crippen LogP contribution in [0.15, 0.2) is 29.4 Å². The van der Waals surface area contributed by atoms with Crippen molar-refractivity contribution in [2.75, 3.05) is 7.05 Å². The average Bonchev–Trinajstić information content (AvgIpc) is 2.73. The van der Waals surface area contributed by atoms with Crippen molar-refractivity contribution in [3.63, 3.8) is 0 Å². The van der Waals surface area contributed by atoms with Gasteiger partial charge in [-0.25, -0.2) is 5.84 Å². The monoisotopic (exact) mass is 480 g/mol. The normalized spacial score (nSPS) is 13.3. The lowest BCUT2D eigenvalue weighted by molar-refractivity contribution is -0.0980. The molecule has 33 heavy (non-hydrogen) atoms. The molecule has 192 valence electrons. The number of nitrogens with zero attached hydrogens (tertiary/aromatic N) is 2. The first-order valence-electron chi connectivity index (χ1n) is 11.8. The zero-order chi connectivity index (χ0) is 26.5. The minimum atomic E-state index is 0.283. The van der Waals surface area contributed by atoms with Crippen molar-refractivity contribution in [2.45, 2.75) is 100 Å². The molecule has 0 amide bonds. The zero-order valence-electron chi connectivity index (χ0n) is 23.3. The van der Waals surface area contributed by atoms with Crippen LogP contribution in [-0.4, -0.2) is 24.0 Å². The summed E-state index contributed by atoms with van der Waals surface area (Å²) in [5.74, 6) is 12.4. The molecule has 5 nitrogen and oxygen atoms in total. The van der Waals surface area contributed by atoms with Crippen LogP contribution in [0, 0.1) is 16.2 Å². The van der Waals surface area contributed by atoms with E-state index in [1.807, 2.05) is 6.79 Å². The standard InChI is InChI=1S/C20H36N4S.C6H14.CH2O/c1-8-20(5,6)17(13-19(2,3)4)16-11-9-15(10-12-16)14-25-18(23-21)24(7)22;1-5-6(2,3)4;1-2/h9-12,17H,8,13-14,21-22H2,1-7H3;5H2,1-4H3;1H2/b23-18+;;. The predicted octanol–water partition coefficient (Wildman–Crippen LogP) is 7.17. The Morgan fingerprint density at radius 1 is 0.970 bits per heavy atom.